The Morgan fingerprint density at radius 1 is 0.605 bits per heavy atom. The summed E-state index contributed by atoms with van der Waals surface area (Å²) in [7, 11) is 0. The molecule has 2 nitrogen and oxygen atoms in total. The van der Waals surface area contributed by atoms with Crippen LogP contribution in [0.2, 0.25) is 0 Å². The predicted octanol–water partition coefficient (Wildman–Crippen LogP) is 12.2. The molecule has 6 aromatic heterocycles. The molecule has 0 N–H and O–H groups in total. The predicted molar refractivity (Wildman–Crippen MR) is 176 cm³/mol. The highest BCUT2D eigenvalue weighted by Crippen LogP contribution is 2.47. The number of nitrogens with zero attached hydrogens (tertiary/aromatic N) is 2. The van der Waals surface area contributed by atoms with Gasteiger partial charge in [-0.15, -0.1) is 45.3 Å². The van der Waals surface area contributed by atoms with E-state index in [0.29, 0.717) is 0 Å². The SMILES string of the molecule is CCCCC(CC)Cn1c2ccsc2c2sc(-c3cc4c(s3)c3sccc3n4CC(CC)CCCC)cc21. The van der Waals surface area contributed by atoms with Crippen LogP contribution in [-0.4, -0.2) is 9.13 Å². The summed E-state index contributed by atoms with van der Waals surface area (Å²) in [5.74, 6) is 1.51. The van der Waals surface area contributed by atoms with Crippen LogP contribution in [0.5, 0.6) is 0 Å². The molecule has 38 heavy (non-hydrogen) atoms. The van der Waals surface area contributed by atoms with Gasteiger partial charge in [0, 0.05) is 22.8 Å². The molecular formula is C32H40N2S4. The van der Waals surface area contributed by atoms with Gasteiger partial charge in [0.25, 0.3) is 0 Å². The lowest BCUT2D eigenvalue weighted by atomic mass is 9.99. The van der Waals surface area contributed by atoms with Gasteiger partial charge in [0.1, 0.15) is 0 Å². The Hall–Kier alpha value is -1.60. The third-order valence-electron chi connectivity index (χ3n) is 8.50. The standard InChI is InChI=1S/C32H40N2S4/c1-5-9-11-21(7-3)19-33-23-13-15-35-29(23)31-25(33)17-27(37-31)28-18-26-32(38-28)30-24(14-16-36-30)34(26)20-22(8-4)12-10-6-2/h13-18,21-22H,5-12,19-20H2,1-4H3. The van der Waals surface area contributed by atoms with E-state index in [1.165, 1.54) is 102 Å². The Labute approximate surface area is 242 Å². The summed E-state index contributed by atoms with van der Waals surface area (Å²) >= 11 is 7.86. The van der Waals surface area contributed by atoms with Gasteiger partial charge >= 0.3 is 0 Å². The largest absolute Gasteiger partial charge is 0.339 e. The van der Waals surface area contributed by atoms with E-state index in [2.05, 4.69) is 71.9 Å². The highest BCUT2D eigenvalue weighted by molar-refractivity contribution is 7.33. The second kappa shape index (κ2) is 11.5. The maximum Gasteiger partial charge on any atom is 0.0707 e. The second-order valence-electron chi connectivity index (χ2n) is 11.0. The Morgan fingerprint density at radius 3 is 1.45 bits per heavy atom. The molecule has 6 heteroatoms. The first-order chi connectivity index (χ1) is 18.7. The van der Waals surface area contributed by atoms with Crippen molar-refractivity contribution in [3.8, 4) is 9.75 Å². The van der Waals surface area contributed by atoms with E-state index in [9.17, 15) is 0 Å². The zero-order valence-electron chi connectivity index (χ0n) is 23.2. The van der Waals surface area contributed by atoms with Crippen molar-refractivity contribution in [1.82, 2.24) is 9.13 Å². The fourth-order valence-electron chi connectivity index (χ4n) is 6.11. The lowest BCUT2D eigenvalue weighted by molar-refractivity contribution is 0.401. The lowest BCUT2D eigenvalue weighted by Crippen LogP contribution is -2.09. The zero-order chi connectivity index (χ0) is 26.2. The zero-order valence-corrected chi connectivity index (χ0v) is 26.5. The fraction of sp³-hybridized carbons (Fsp3) is 0.500. The summed E-state index contributed by atoms with van der Waals surface area (Å²) in [5, 5.41) is 4.57. The van der Waals surface area contributed by atoms with Crippen molar-refractivity contribution < 1.29 is 0 Å². The van der Waals surface area contributed by atoms with Crippen LogP contribution in [0, 0.1) is 11.8 Å². The first-order valence-electron chi connectivity index (χ1n) is 14.6. The molecule has 0 saturated heterocycles. The molecule has 0 aromatic carbocycles. The summed E-state index contributed by atoms with van der Waals surface area (Å²) in [6.45, 7) is 11.7. The Morgan fingerprint density at radius 2 is 1.05 bits per heavy atom. The molecular weight excluding hydrogens is 541 g/mol. The minimum absolute atomic E-state index is 0.757. The van der Waals surface area contributed by atoms with E-state index in [1.54, 1.807) is 0 Å². The van der Waals surface area contributed by atoms with Crippen molar-refractivity contribution in [1.29, 1.82) is 0 Å². The van der Waals surface area contributed by atoms with Gasteiger partial charge in [-0.3, -0.25) is 0 Å². The Bertz CT molecular complexity index is 1520. The number of unbranched alkanes of at least 4 members (excludes halogenated alkanes) is 2. The maximum atomic E-state index is 2.65. The summed E-state index contributed by atoms with van der Waals surface area (Å²) < 4.78 is 11.2. The first kappa shape index (κ1) is 26.6. The minimum atomic E-state index is 0.757. The molecule has 0 bridgehead atoms. The number of fused-ring (bicyclic) bond motifs is 6. The van der Waals surface area contributed by atoms with Crippen LogP contribution >= 0.6 is 45.3 Å². The number of hydrogen-bond donors (Lipinski definition) is 0. The van der Waals surface area contributed by atoms with E-state index in [0.717, 1.165) is 24.9 Å². The quantitative estimate of drug-likeness (QED) is 0.129. The van der Waals surface area contributed by atoms with Crippen LogP contribution in [0.15, 0.2) is 35.0 Å². The van der Waals surface area contributed by atoms with Crippen LogP contribution < -0.4 is 0 Å². The number of aromatic nitrogens is 2. The third kappa shape index (κ3) is 4.70. The van der Waals surface area contributed by atoms with Gasteiger partial charge in [0.05, 0.1) is 40.9 Å². The van der Waals surface area contributed by atoms with E-state index < -0.39 is 0 Å². The molecule has 6 aromatic rings. The molecule has 0 aliphatic carbocycles. The van der Waals surface area contributed by atoms with Crippen molar-refractivity contribution in [2.75, 3.05) is 0 Å². The van der Waals surface area contributed by atoms with Crippen molar-refractivity contribution in [3.63, 3.8) is 0 Å². The number of rotatable bonds is 13. The molecule has 202 valence electrons. The van der Waals surface area contributed by atoms with Gasteiger partial charge in [0.2, 0.25) is 0 Å². The van der Waals surface area contributed by atoms with Crippen LogP contribution in [0.25, 0.3) is 50.6 Å². The molecule has 0 amide bonds. The van der Waals surface area contributed by atoms with Crippen LogP contribution in [0.1, 0.15) is 79.1 Å². The second-order valence-corrected chi connectivity index (χ2v) is 14.9. The van der Waals surface area contributed by atoms with Gasteiger partial charge in [-0.1, -0.05) is 66.2 Å². The van der Waals surface area contributed by atoms with E-state index in [4.69, 9.17) is 0 Å². The number of hydrogen-bond acceptors (Lipinski definition) is 4. The van der Waals surface area contributed by atoms with Crippen LogP contribution in [-0.2, 0) is 13.1 Å². The molecule has 6 rings (SSSR count). The monoisotopic (exact) mass is 580 g/mol. The molecule has 0 fully saturated rings. The average Bonchev–Trinajstić information content (AvgIpc) is 3.74. The average molecular weight is 581 g/mol. The summed E-state index contributed by atoms with van der Waals surface area (Å²) in [5.41, 5.74) is 5.79. The molecule has 0 spiro atoms. The topological polar surface area (TPSA) is 9.86 Å². The molecule has 0 radical (unpaired) electrons. The number of thiophene rings is 4. The van der Waals surface area contributed by atoms with Crippen LogP contribution in [0.4, 0.5) is 0 Å². The lowest BCUT2D eigenvalue weighted by Gasteiger charge is -2.16. The van der Waals surface area contributed by atoms with Gasteiger partial charge in [-0.25, -0.2) is 0 Å². The molecule has 0 aliphatic rings. The molecule has 0 aliphatic heterocycles. The Balaban J connectivity index is 1.40. The molecule has 0 saturated carbocycles. The Kier molecular flexibility index (Phi) is 8.04. The molecule has 2 unspecified atom stereocenters. The first-order valence-corrected chi connectivity index (χ1v) is 18.0. The minimum Gasteiger partial charge on any atom is -0.339 e. The van der Waals surface area contributed by atoms with Gasteiger partial charge in [-0.05, 0) is 59.7 Å². The van der Waals surface area contributed by atoms with Crippen molar-refractivity contribution in [3.05, 3.63) is 35.0 Å². The van der Waals surface area contributed by atoms with Crippen molar-refractivity contribution in [2.24, 2.45) is 11.8 Å². The van der Waals surface area contributed by atoms with Gasteiger partial charge < -0.3 is 9.13 Å². The highest BCUT2D eigenvalue weighted by atomic mass is 32.1. The van der Waals surface area contributed by atoms with Gasteiger partial charge in [0.15, 0.2) is 0 Å². The molecule has 2 atom stereocenters. The van der Waals surface area contributed by atoms with Crippen molar-refractivity contribution in [2.45, 2.75) is 92.2 Å². The molecule has 6 heterocycles. The van der Waals surface area contributed by atoms with E-state index in [-0.39, 0.29) is 0 Å². The van der Waals surface area contributed by atoms with Crippen LogP contribution in [0.3, 0.4) is 0 Å². The third-order valence-corrected chi connectivity index (χ3v) is 13.1. The summed E-state index contributed by atoms with van der Waals surface area (Å²) in [4.78, 5) is 2.88. The van der Waals surface area contributed by atoms with E-state index in [1.807, 2.05) is 45.3 Å². The summed E-state index contributed by atoms with van der Waals surface area (Å²) in [6.07, 6.45) is 10.4. The maximum absolute atomic E-state index is 2.65. The smallest absolute Gasteiger partial charge is 0.0707 e. The fourth-order valence-corrected chi connectivity index (χ4v) is 10.6. The van der Waals surface area contributed by atoms with E-state index >= 15 is 0 Å². The van der Waals surface area contributed by atoms with Crippen molar-refractivity contribution >= 4 is 86.2 Å². The normalized spacial score (nSPS) is 14.1. The van der Waals surface area contributed by atoms with Gasteiger partial charge in [-0.2, -0.15) is 0 Å². The summed E-state index contributed by atoms with van der Waals surface area (Å²) in [6, 6.07) is 9.71. The highest BCUT2D eigenvalue weighted by Gasteiger charge is 2.22.